The van der Waals surface area contributed by atoms with E-state index in [0.717, 1.165) is 4.68 Å². The van der Waals surface area contributed by atoms with Crippen molar-refractivity contribution in [1.82, 2.24) is 14.8 Å². The number of hydrogen-bond acceptors (Lipinski definition) is 3. The predicted molar refractivity (Wildman–Crippen MR) is 80.1 cm³/mol. The molecule has 0 aliphatic heterocycles. The smallest absolute Gasteiger partial charge is 0.226 e. The fourth-order valence-electron chi connectivity index (χ4n) is 2.22. The summed E-state index contributed by atoms with van der Waals surface area (Å²) in [5, 5.41) is 4.61. The molecule has 2 aromatic rings. The average Bonchev–Trinajstić information content (AvgIpc) is 2.99. The summed E-state index contributed by atoms with van der Waals surface area (Å²) in [5.74, 6) is 0. The van der Waals surface area contributed by atoms with Gasteiger partial charge in [-0.3, -0.25) is 0 Å². The standard InChI is InChI=1S/C14H14Cl2FN3O/c1-3-6-14(21-2,13(17)20-9-18-8-19-20)11-5-4-10(15)7-12(11)16/h3-5,7-9,13H,1,6H2,2H3. The number of benzene rings is 1. The zero-order valence-electron chi connectivity index (χ0n) is 11.3. The number of methoxy groups -OCH3 is 1. The minimum Gasteiger partial charge on any atom is -0.368 e. The molecule has 0 aliphatic carbocycles. The van der Waals surface area contributed by atoms with E-state index in [1.165, 1.54) is 19.8 Å². The van der Waals surface area contributed by atoms with E-state index in [1.807, 2.05) is 0 Å². The second-order valence-corrected chi connectivity index (χ2v) is 5.27. The molecule has 1 aromatic heterocycles. The Morgan fingerprint density at radius 1 is 1.52 bits per heavy atom. The van der Waals surface area contributed by atoms with Crippen molar-refractivity contribution in [2.45, 2.75) is 18.3 Å². The highest BCUT2D eigenvalue weighted by Gasteiger charge is 2.43. The zero-order chi connectivity index (χ0) is 15.5. The molecule has 0 fully saturated rings. The normalized spacial score (nSPS) is 15.4. The summed E-state index contributed by atoms with van der Waals surface area (Å²) in [4.78, 5) is 3.76. The highest BCUT2D eigenvalue weighted by molar-refractivity contribution is 6.35. The number of aromatic nitrogens is 3. The van der Waals surface area contributed by atoms with Gasteiger partial charge in [-0.1, -0.05) is 35.3 Å². The molecule has 0 saturated heterocycles. The van der Waals surface area contributed by atoms with Crippen molar-refractivity contribution in [1.29, 1.82) is 0 Å². The van der Waals surface area contributed by atoms with Gasteiger partial charge in [0, 0.05) is 29.1 Å². The Morgan fingerprint density at radius 2 is 2.29 bits per heavy atom. The highest BCUT2D eigenvalue weighted by atomic mass is 35.5. The van der Waals surface area contributed by atoms with Gasteiger partial charge in [0.15, 0.2) is 0 Å². The lowest BCUT2D eigenvalue weighted by Gasteiger charge is -2.35. The molecule has 0 amide bonds. The van der Waals surface area contributed by atoms with E-state index in [1.54, 1.807) is 24.3 Å². The molecular formula is C14H14Cl2FN3O. The Balaban J connectivity index is 2.57. The monoisotopic (exact) mass is 329 g/mol. The number of halogens is 3. The van der Waals surface area contributed by atoms with Gasteiger partial charge >= 0.3 is 0 Å². The third-order valence-corrected chi connectivity index (χ3v) is 3.80. The molecule has 7 heteroatoms. The number of ether oxygens (including phenoxy) is 1. The SMILES string of the molecule is C=CCC(OC)(c1ccc(Cl)cc1Cl)C(F)n1cncn1. The van der Waals surface area contributed by atoms with Crippen molar-refractivity contribution in [2.24, 2.45) is 0 Å². The summed E-state index contributed by atoms with van der Waals surface area (Å²) < 4.78 is 21.6. The molecule has 2 unspecified atom stereocenters. The van der Waals surface area contributed by atoms with Crippen LogP contribution in [-0.2, 0) is 10.3 Å². The van der Waals surface area contributed by atoms with Crippen LogP contribution in [0.5, 0.6) is 0 Å². The van der Waals surface area contributed by atoms with Crippen LogP contribution < -0.4 is 0 Å². The largest absolute Gasteiger partial charge is 0.368 e. The van der Waals surface area contributed by atoms with Crippen molar-refractivity contribution in [3.05, 3.63) is 59.1 Å². The molecule has 0 aliphatic rings. The van der Waals surface area contributed by atoms with Crippen molar-refractivity contribution in [2.75, 3.05) is 7.11 Å². The maximum atomic E-state index is 15.0. The molecular weight excluding hydrogens is 316 g/mol. The first-order chi connectivity index (χ1) is 10.0. The van der Waals surface area contributed by atoms with Gasteiger partial charge in [-0.2, -0.15) is 5.10 Å². The van der Waals surface area contributed by atoms with Gasteiger partial charge in [-0.05, 0) is 12.1 Å². The lowest BCUT2D eigenvalue weighted by molar-refractivity contribution is -0.109. The summed E-state index contributed by atoms with van der Waals surface area (Å²) in [6.45, 7) is 3.67. The Kier molecular flexibility index (Phi) is 4.98. The van der Waals surface area contributed by atoms with Gasteiger partial charge in [0.1, 0.15) is 18.3 Å². The quantitative estimate of drug-likeness (QED) is 0.746. The van der Waals surface area contributed by atoms with Crippen LogP contribution in [0.15, 0.2) is 43.5 Å². The Labute approximate surface area is 132 Å². The summed E-state index contributed by atoms with van der Waals surface area (Å²) >= 11 is 12.1. The number of nitrogens with zero attached hydrogens (tertiary/aromatic N) is 3. The summed E-state index contributed by atoms with van der Waals surface area (Å²) in [5.41, 5.74) is -0.893. The fraction of sp³-hybridized carbons (Fsp3) is 0.286. The zero-order valence-corrected chi connectivity index (χ0v) is 12.9. The molecule has 0 N–H and O–H groups in total. The highest BCUT2D eigenvalue weighted by Crippen LogP contribution is 2.44. The van der Waals surface area contributed by atoms with E-state index >= 15 is 4.39 Å². The lowest BCUT2D eigenvalue weighted by Crippen LogP contribution is -2.37. The number of alkyl halides is 1. The van der Waals surface area contributed by atoms with Gasteiger partial charge in [-0.15, -0.1) is 6.58 Å². The molecule has 2 atom stereocenters. The van der Waals surface area contributed by atoms with Gasteiger partial charge in [-0.25, -0.2) is 14.1 Å². The van der Waals surface area contributed by atoms with Gasteiger partial charge in [0.05, 0.1) is 0 Å². The van der Waals surface area contributed by atoms with Crippen molar-refractivity contribution < 1.29 is 9.13 Å². The first-order valence-corrected chi connectivity index (χ1v) is 6.90. The van der Waals surface area contributed by atoms with Gasteiger partial charge in [0.2, 0.25) is 6.30 Å². The molecule has 1 aromatic carbocycles. The summed E-state index contributed by atoms with van der Waals surface area (Å²) in [7, 11) is 1.41. The molecule has 2 rings (SSSR count). The topological polar surface area (TPSA) is 39.9 Å². The average molecular weight is 330 g/mol. The van der Waals surface area contributed by atoms with Crippen molar-refractivity contribution in [3.63, 3.8) is 0 Å². The van der Waals surface area contributed by atoms with E-state index < -0.39 is 11.9 Å². The van der Waals surface area contributed by atoms with Crippen molar-refractivity contribution in [3.8, 4) is 0 Å². The maximum Gasteiger partial charge on any atom is 0.226 e. The van der Waals surface area contributed by atoms with Crippen LogP contribution >= 0.6 is 23.2 Å². The lowest BCUT2D eigenvalue weighted by atomic mass is 9.88. The molecule has 0 radical (unpaired) electrons. The van der Waals surface area contributed by atoms with Gasteiger partial charge < -0.3 is 4.74 Å². The number of rotatable bonds is 6. The van der Waals surface area contributed by atoms with Crippen LogP contribution in [0.1, 0.15) is 18.3 Å². The van der Waals surface area contributed by atoms with E-state index in [9.17, 15) is 0 Å². The third kappa shape index (κ3) is 2.95. The first-order valence-electron chi connectivity index (χ1n) is 6.15. The van der Waals surface area contributed by atoms with E-state index in [2.05, 4.69) is 16.7 Å². The Bertz CT molecular complexity index is 621. The molecule has 0 bridgehead atoms. The van der Waals surface area contributed by atoms with E-state index in [-0.39, 0.29) is 6.42 Å². The molecule has 0 saturated carbocycles. The Hall–Kier alpha value is -1.43. The number of hydrogen-bond donors (Lipinski definition) is 0. The minimum absolute atomic E-state index is 0.200. The minimum atomic E-state index is -1.62. The van der Waals surface area contributed by atoms with Crippen LogP contribution in [0.25, 0.3) is 0 Å². The molecule has 21 heavy (non-hydrogen) atoms. The molecule has 112 valence electrons. The van der Waals surface area contributed by atoms with E-state index in [4.69, 9.17) is 27.9 Å². The van der Waals surface area contributed by atoms with Crippen LogP contribution in [0.3, 0.4) is 0 Å². The van der Waals surface area contributed by atoms with Crippen LogP contribution in [0.2, 0.25) is 10.0 Å². The molecule has 4 nitrogen and oxygen atoms in total. The molecule has 0 spiro atoms. The van der Waals surface area contributed by atoms with Crippen LogP contribution in [-0.4, -0.2) is 21.9 Å². The second-order valence-electron chi connectivity index (χ2n) is 4.42. The van der Waals surface area contributed by atoms with E-state index in [0.29, 0.717) is 15.6 Å². The maximum absolute atomic E-state index is 15.0. The first kappa shape index (κ1) is 15.9. The van der Waals surface area contributed by atoms with Crippen molar-refractivity contribution >= 4 is 23.2 Å². The third-order valence-electron chi connectivity index (χ3n) is 3.25. The summed E-state index contributed by atoms with van der Waals surface area (Å²) in [6.07, 6.45) is 2.68. The molecule has 1 heterocycles. The van der Waals surface area contributed by atoms with Crippen LogP contribution in [0.4, 0.5) is 4.39 Å². The fourth-order valence-corrected chi connectivity index (χ4v) is 2.79. The second kappa shape index (κ2) is 6.56. The van der Waals surface area contributed by atoms with Crippen LogP contribution in [0, 0.1) is 0 Å². The van der Waals surface area contributed by atoms with Gasteiger partial charge in [0.25, 0.3) is 0 Å². The Morgan fingerprint density at radius 3 is 2.81 bits per heavy atom. The predicted octanol–water partition coefficient (Wildman–Crippen LogP) is 4.17. The summed E-state index contributed by atoms with van der Waals surface area (Å²) in [6, 6.07) is 4.82.